The molecule has 1 heterocycles. The number of hydrogen-bond acceptors (Lipinski definition) is 3. The number of piperidine rings is 1. The van der Waals surface area contributed by atoms with Gasteiger partial charge in [-0.15, -0.1) is 0 Å². The number of amides is 2. The third-order valence-electron chi connectivity index (χ3n) is 4.95. The van der Waals surface area contributed by atoms with Gasteiger partial charge < -0.3 is 15.5 Å². The molecule has 1 aliphatic rings. The van der Waals surface area contributed by atoms with Crippen LogP contribution in [0.2, 0.25) is 10.0 Å². The van der Waals surface area contributed by atoms with Crippen LogP contribution in [0.1, 0.15) is 18.4 Å². The van der Waals surface area contributed by atoms with Gasteiger partial charge in [0, 0.05) is 31.2 Å². The van der Waals surface area contributed by atoms with Gasteiger partial charge in [0.05, 0.1) is 10.0 Å². The highest BCUT2D eigenvalue weighted by atomic mass is 35.5. The summed E-state index contributed by atoms with van der Waals surface area (Å²) in [5.41, 5.74) is 1.58. The predicted molar refractivity (Wildman–Crippen MR) is 113 cm³/mol. The maximum absolute atomic E-state index is 13.5. The van der Waals surface area contributed by atoms with Crippen LogP contribution in [-0.2, 0) is 16.0 Å². The average molecular weight is 438 g/mol. The summed E-state index contributed by atoms with van der Waals surface area (Å²) in [6, 6.07) is 10.7. The number of halogens is 3. The Labute approximate surface area is 179 Å². The third kappa shape index (κ3) is 5.84. The summed E-state index contributed by atoms with van der Waals surface area (Å²) in [4.78, 5) is 25.8. The first-order valence-corrected chi connectivity index (χ1v) is 10.2. The SMILES string of the molecule is O=CNC(Cc1ccc(Cl)c(Cl)c1)C(=O)NC1CCCN(c2cccc(F)c2)C1. The first-order valence-electron chi connectivity index (χ1n) is 9.41. The Hall–Kier alpha value is -2.31. The molecule has 0 aliphatic carbocycles. The van der Waals surface area contributed by atoms with Crippen LogP contribution in [0, 0.1) is 5.82 Å². The number of carbonyl (C=O) groups excluding carboxylic acids is 2. The minimum atomic E-state index is -0.728. The minimum absolute atomic E-state index is 0.0933. The molecular weight excluding hydrogens is 416 g/mol. The molecule has 1 aliphatic heterocycles. The van der Waals surface area contributed by atoms with Crippen LogP contribution in [0.5, 0.6) is 0 Å². The number of nitrogens with zero attached hydrogens (tertiary/aromatic N) is 1. The van der Waals surface area contributed by atoms with Crippen molar-refractivity contribution in [3.63, 3.8) is 0 Å². The molecule has 2 aromatic rings. The lowest BCUT2D eigenvalue weighted by atomic mass is 10.0. The molecule has 0 saturated carbocycles. The fraction of sp³-hybridized carbons (Fsp3) is 0.333. The topological polar surface area (TPSA) is 61.4 Å². The van der Waals surface area contributed by atoms with E-state index in [1.165, 1.54) is 12.1 Å². The summed E-state index contributed by atoms with van der Waals surface area (Å²) < 4.78 is 13.5. The lowest BCUT2D eigenvalue weighted by Gasteiger charge is -2.35. The first-order chi connectivity index (χ1) is 14.0. The second-order valence-corrected chi connectivity index (χ2v) is 7.88. The van der Waals surface area contributed by atoms with Gasteiger partial charge in [0.15, 0.2) is 0 Å². The molecule has 0 aromatic heterocycles. The molecule has 2 aromatic carbocycles. The Balaban J connectivity index is 1.64. The number of benzene rings is 2. The lowest BCUT2D eigenvalue weighted by Crippen LogP contribution is -2.53. The van der Waals surface area contributed by atoms with Crippen molar-refractivity contribution in [1.82, 2.24) is 10.6 Å². The number of anilines is 1. The van der Waals surface area contributed by atoms with E-state index in [1.54, 1.807) is 24.3 Å². The van der Waals surface area contributed by atoms with Crippen LogP contribution in [0.4, 0.5) is 10.1 Å². The van der Waals surface area contributed by atoms with Crippen molar-refractivity contribution in [2.45, 2.75) is 31.3 Å². The molecule has 1 fully saturated rings. The van der Waals surface area contributed by atoms with Crippen LogP contribution < -0.4 is 15.5 Å². The van der Waals surface area contributed by atoms with E-state index in [0.29, 0.717) is 29.4 Å². The van der Waals surface area contributed by atoms with E-state index in [-0.39, 0.29) is 17.8 Å². The Morgan fingerprint density at radius 2 is 2.07 bits per heavy atom. The lowest BCUT2D eigenvalue weighted by molar-refractivity contribution is -0.126. The molecule has 8 heteroatoms. The Bertz CT molecular complexity index is 881. The second kappa shape index (κ2) is 9.94. The fourth-order valence-corrected chi connectivity index (χ4v) is 3.84. The van der Waals surface area contributed by atoms with Gasteiger partial charge in [-0.05, 0) is 48.7 Å². The molecule has 2 amide bonds. The maximum atomic E-state index is 13.5. The summed E-state index contributed by atoms with van der Waals surface area (Å²) in [6.45, 7) is 1.38. The average Bonchev–Trinajstić information content (AvgIpc) is 2.70. The van der Waals surface area contributed by atoms with Crippen molar-refractivity contribution in [2.24, 2.45) is 0 Å². The molecule has 29 heavy (non-hydrogen) atoms. The van der Waals surface area contributed by atoms with Gasteiger partial charge >= 0.3 is 0 Å². The van der Waals surface area contributed by atoms with E-state index in [4.69, 9.17) is 23.2 Å². The summed E-state index contributed by atoms with van der Waals surface area (Å²) in [7, 11) is 0. The normalized spacial score (nSPS) is 17.5. The Kier molecular flexibility index (Phi) is 7.34. The highest BCUT2D eigenvalue weighted by Crippen LogP contribution is 2.24. The quantitative estimate of drug-likeness (QED) is 0.650. The highest BCUT2D eigenvalue weighted by Gasteiger charge is 2.25. The van der Waals surface area contributed by atoms with Crippen LogP contribution in [0.15, 0.2) is 42.5 Å². The molecule has 1 saturated heterocycles. The molecule has 0 spiro atoms. The molecule has 2 atom stereocenters. The summed E-state index contributed by atoms with van der Waals surface area (Å²) in [5.74, 6) is -0.556. The molecule has 154 valence electrons. The molecule has 2 N–H and O–H groups in total. The summed E-state index contributed by atoms with van der Waals surface area (Å²) in [5, 5.41) is 6.41. The molecule has 3 rings (SSSR count). The summed E-state index contributed by atoms with van der Waals surface area (Å²) >= 11 is 12.0. The van der Waals surface area contributed by atoms with Crippen molar-refractivity contribution in [3.8, 4) is 0 Å². The monoisotopic (exact) mass is 437 g/mol. The van der Waals surface area contributed by atoms with E-state index in [1.807, 2.05) is 6.07 Å². The van der Waals surface area contributed by atoms with Crippen molar-refractivity contribution >= 4 is 41.2 Å². The molecule has 5 nitrogen and oxygen atoms in total. The largest absolute Gasteiger partial charge is 0.369 e. The van der Waals surface area contributed by atoms with Gasteiger partial charge in [-0.3, -0.25) is 9.59 Å². The van der Waals surface area contributed by atoms with Crippen molar-refractivity contribution in [3.05, 3.63) is 63.9 Å². The number of carbonyl (C=O) groups is 2. The second-order valence-electron chi connectivity index (χ2n) is 7.06. The zero-order chi connectivity index (χ0) is 20.8. The Morgan fingerprint density at radius 1 is 1.24 bits per heavy atom. The van der Waals surface area contributed by atoms with Gasteiger partial charge in [-0.2, -0.15) is 0 Å². The van der Waals surface area contributed by atoms with Gasteiger partial charge in [0.2, 0.25) is 12.3 Å². The first kappa shape index (κ1) is 21.4. The number of rotatable bonds is 7. The minimum Gasteiger partial charge on any atom is -0.369 e. The van der Waals surface area contributed by atoms with Gasteiger partial charge in [0.1, 0.15) is 11.9 Å². The highest BCUT2D eigenvalue weighted by molar-refractivity contribution is 6.42. The molecule has 0 radical (unpaired) electrons. The zero-order valence-electron chi connectivity index (χ0n) is 15.7. The van der Waals surface area contributed by atoms with E-state index >= 15 is 0 Å². The van der Waals surface area contributed by atoms with Gasteiger partial charge in [-0.25, -0.2) is 4.39 Å². The molecule has 2 unspecified atom stereocenters. The van der Waals surface area contributed by atoms with Crippen molar-refractivity contribution in [1.29, 1.82) is 0 Å². The van der Waals surface area contributed by atoms with Crippen LogP contribution in [-0.4, -0.2) is 37.5 Å². The van der Waals surface area contributed by atoms with E-state index in [9.17, 15) is 14.0 Å². The fourth-order valence-electron chi connectivity index (χ4n) is 3.52. The van der Waals surface area contributed by atoms with Crippen molar-refractivity contribution < 1.29 is 14.0 Å². The van der Waals surface area contributed by atoms with Gasteiger partial charge in [0.25, 0.3) is 0 Å². The summed E-state index contributed by atoms with van der Waals surface area (Å²) in [6.07, 6.45) is 2.50. The third-order valence-corrected chi connectivity index (χ3v) is 5.69. The van der Waals surface area contributed by atoms with Crippen molar-refractivity contribution in [2.75, 3.05) is 18.0 Å². The predicted octanol–water partition coefficient (Wildman–Crippen LogP) is 3.57. The van der Waals surface area contributed by atoms with Crippen LogP contribution >= 0.6 is 23.2 Å². The zero-order valence-corrected chi connectivity index (χ0v) is 17.2. The number of nitrogens with one attached hydrogen (secondary N) is 2. The van der Waals surface area contributed by atoms with Crippen LogP contribution in [0.25, 0.3) is 0 Å². The standard InChI is InChI=1S/C21H22Cl2FN3O2/c22-18-7-6-14(9-19(18)23)10-20(25-13-28)21(29)26-16-4-2-8-27(12-16)17-5-1-3-15(24)11-17/h1,3,5-7,9,11,13,16,20H,2,4,8,10,12H2,(H,25,28)(H,26,29). The number of hydrogen-bond donors (Lipinski definition) is 2. The smallest absolute Gasteiger partial charge is 0.243 e. The molecular formula is C21H22Cl2FN3O2. The molecule has 0 bridgehead atoms. The maximum Gasteiger partial charge on any atom is 0.243 e. The van der Waals surface area contributed by atoms with E-state index in [2.05, 4.69) is 15.5 Å². The van der Waals surface area contributed by atoms with E-state index < -0.39 is 6.04 Å². The van der Waals surface area contributed by atoms with Crippen LogP contribution in [0.3, 0.4) is 0 Å². The Morgan fingerprint density at radius 3 is 2.79 bits per heavy atom. The van der Waals surface area contributed by atoms with Gasteiger partial charge in [-0.1, -0.05) is 35.3 Å². The van der Waals surface area contributed by atoms with E-state index in [0.717, 1.165) is 30.6 Å².